The summed E-state index contributed by atoms with van der Waals surface area (Å²) in [5, 5.41) is 10.2. The van der Waals surface area contributed by atoms with Crippen LogP contribution in [0.25, 0.3) is 0 Å². The summed E-state index contributed by atoms with van der Waals surface area (Å²) in [5.74, 6) is 0.203. The number of hydrogen-bond acceptors (Lipinski definition) is 3. The summed E-state index contributed by atoms with van der Waals surface area (Å²) < 4.78 is 0. The Morgan fingerprint density at radius 3 is 2.65 bits per heavy atom. The van der Waals surface area contributed by atoms with Gasteiger partial charge in [-0.3, -0.25) is 9.69 Å². The highest BCUT2D eigenvalue weighted by Crippen LogP contribution is 2.24. The molecule has 0 radical (unpaired) electrons. The highest BCUT2D eigenvalue weighted by Gasteiger charge is 2.30. The Balaban J connectivity index is 2.10. The summed E-state index contributed by atoms with van der Waals surface area (Å²) in [6, 6.07) is 9.46. The van der Waals surface area contributed by atoms with Crippen LogP contribution in [0.5, 0.6) is 0 Å². The van der Waals surface area contributed by atoms with Crippen LogP contribution in [-0.4, -0.2) is 40.5 Å². The third-order valence-corrected chi connectivity index (χ3v) is 4.29. The predicted molar refractivity (Wildman–Crippen MR) is 80.9 cm³/mol. The van der Waals surface area contributed by atoms with E-state index in [9.17, 15) is 9.90 Å². The molecule has 1 N–H and O–H groups in total. The van der Waals surface area contributed by atoms with Crippen molar-refractivity contribution in [2.45, 2.75) is 51.2 Å². The molecule has 0 bridgehead atoms. The van der Waals surface area contributed by atoms with E-state index in [1.807, 2.05) is 37.3 Å². The minimum Gasteiger partial charge on any atom is -0.390 e. The highest BCUT2D eigenvalue weighted by atomic mass is 16.3. The summed E-state index contributed by atoms with van der Waals surface area (Å²) in [6.07, 6.45) is 3.33. The van der Waals surface area contributed by atoms with E-state index in [0.717, 1.165) is 44.3 Å². The normalized spacial score (nSPS) is 25.9. The van der Waals surface area contributed by atoms with Gasteiger partial charge in [-0.15, -0.1) is 0 Å². The minimum absolute atomic E-state index is 0.0636. The molecule has 0 aliphatic carbocycles. The smallest absolute Gasteiger partial charge is 0.179 e. The molecule has 0 saturated carbocycles. The lowest BCUT2D eigenvalue weighted by Gasteiger charge is -2.29. The molecule has 2 atom stereocenters. The summed E-state index contributed by atoms with van der Waals surface area (Å²) in [5.41, 5.74) is 0.207. The van der Waals surface area contributed by atoms with Crippen molar-refractivity contribution in [2.24, 2.45) is 0 Å². The molecule has 3 heteroatoms. The van der Waals surface area contributed by atoms with E-state index < -0.39 is 5.60 Å². The molecule has 1 aromatic rings. The molecule has 1 aliphatic heterocycles. The number of carbonyl (C=O) groups is 1. The monoisotopic (exact) mass is 275 g/mol. The van der Waals surface area contributed by atoms with Crippen molar-refractivity contribution in [1.82, 2.24) is 4.90 Å². The van der Waals surface area contributed by atoms with Crippen LogP contribution in [0, 0.1) is 0 Å². The van der Waals surface area contributed by atoms with Crippen LogP contribution >= 0.6 is 0 Å². The summed E-state index contributed by atoms with van der Waals surface area (Å²) in [6.45, 7) is 5.66. The lowest BCUT2D eigenvalue weighted by molar-refractivity contribution is 0.0421. The molecular weight excluding hydrogens is 250 g/mol. The van der Waals surface area contributed by atoms with Crippen molar-refractivity contribution in [1.29, 1.82) is 0 Å². The maximum atomic E-state index is 12.6. The van der Waals surface area contributed by atoms with Crippen LogP contribution in [0.4, 0.5) is 0 Å². The number of aliphatic hydroxyl groups is 1. The highest BCUT2D eigenvalue weighted by molar-refractivity contribution is 6.00. The molecule has 1 saturated heterocycles. The van der Waals surface area contributed by atoms with Gasteiger partial charge < -0.3 is 5.11 Å². The van der Waals surface area contributed by atoms with E-state index in [4.69, 9.17) is 0 Å². The Morgan fingerprint density at radius 1 is 1.30 bits per heavy atom. The summed E-state index contributed by atoms with van der Waals surface area (Å²) in [7, 11) is 0. The number of Topliss-reactive ketones (excluding diaryl/α,β-unsaturated/α-hetero) is 1. The van der Waals surface area contributed by atoms with Crippen molar-refractivity contribution in [3.63, 3.8) is 0 Å². The zero-order valence-electron chi connectivity index (χ0n) is 12.5. The average Bonchev–Trinajstić information content (AvgIpc) is 2.62. The van der Waals surface area contributed by atoms with Gasteiger partial charge in [0.2, 0.25) is 0 Å². The predicted octanol–water partition coefficient (Wildman–Crippen LogP) is 2.88. The van der Waals surface area contributed by atoms with Gasteiger partial charge in [0.25, 0.3) is 0 Å². The average molecular weight is 275 g/mol. The first-order valence-corrected chi connectivity index (χ1v) is 7.59. The van der Waals surface area contributed by atoms with Crippen molar-refractivity contribution in [2.75, 3.05) is 13.1 Å². The van der Waals surface area contributed by atoms with Crippen LogP contribution in [-0.2, 0) is 0 Å². The quantitative estimate of drug-likeness (QED) is 0.859. The van der Waals surface area contributed by atoms with E-state index in [1.54, 1.807) is 0 Å². The molecule has 0 amide bonds. The SMILES string of the molecule is CCC(C(=O)c1ccccc1)N1CCCC(C)(O)CC1. The fraction of sp³-hybridized carbons (Fsp3) is 0.588. The number of rotatable bonds is 4. The zero-order valence-corrected chi connectivity index (χ0v) is 12.5. The molecule has 2 unspecified atom stereocenters. The van der Waals surface area contributed by atoms with Crippen molar-refractivity contribution < 1.29 is 9.90 Å². The second kappa shape index (κ2) is 6.51. The minimum atomic E-state index is -0.581. The van der Waals surface area contributed by atoms with Crippen LogP contribution in [0.2, 0.25) is 0 Å². The summed E-state index contributed by atoms with van der Waals surface area (Å²) >= 11 is 0. The molecule has 3 nitrogen and oxygen atoms in total. The Hall–Kier alpha value is -1.19. The Kier molecular flexibility index (Phi) is 4.95. The second-order valence-electron chi connectivity index (χ2n) is 6.04. The number of hydrogen-bond donors (Lipinski definition) is 1. The van der Waals surface area contributed by atoms with Gasteiger partial charge in [0, 0.05) is 12.1 Å². The maximum Gasteiger partial charge on any atom is 0.179 e. The third-order valence-electron chi connectivity index (χ3n) is 4.29. The molecule has 20 heavy (non-hydrogen) atoms. The molecular formula is C17H25NO2. The fourth-order valence-corrected chi connectivity index (χ4v) is 3.00. The van der Waals surface area contributed by atoms with Gasteiger partial charge in [-0.1, -0.05) is 37.3 Å². The molecule has 2 rings (SSSR count). The standard InChI is InChI=1S/C17H25NO2/c1-3-15(16(19)14-8-5-4-6-9-14)18-12-7-10-17(2,20)11-13-18/h4-6,8-9,15,20H,3,7,10-13H2,1-2H3. The number of nitrogens with zero attached hydrogens (tertiary/aromatic N) is 1. The topological polar surface area (TPSA) is 40.5 Å². The second-order valence-corrected chi connectivity index (χ2v) is 6.04. The summed E-state index contributed by atoms with van der Waals surface area (Å²) in [4.78, 5) is 14.9. The third kappa shape index (κ3) is 3.68. The molecule has 0 spiro atoms. The van der Waals surface area contributed by atoms with E-state index in [0.29, 0.717) is 0 Å². The Morgan fingerprint density at radius 2 is 2.00 bits per heavy atom. The van der Waals surface area contributed by atoms with Gasteiger partial charge in [-0.2, -0.15) is 0 Å². The first kappa shape index (κ1) is 15.2. The Labute approximate surface area is 121 Å². The number of ketones is 1. The molecule has 1 aliphatic rings. The van der Waals surface area contributed by atoms with Gasteiger partial charge >= 0.3 is 0 Å². The van der Waals surface area contributed by atoms with Crippen molar-refractivity contribution in [3.8, 4) is 0 Å². The van der Waals surface area contributed by atoms with Crippen LogP contribution in [0.3, 0.4) is 0 Å². The molecule has 110 valence electrons. The van der Waals surface area contributed by atoms with Crippen LogP contribution in [0.15, 0.2) is 30.3 Å². The molecule has 0 aromatic heterocycles. The number of benzene rings is 1. The largest absolute Gasteiger partial charge is 0.390 e. The van der Waals surface area contributed by atoms with E-state index in [1.165, 1.54) is 0 Å². The van der Waals surface area contributed by atoms with Gasteiger partial charge in [0.1, 0.15) is 0 Å². The molecule has 1 heterocycles. The first-order chi connectivity index (χ1) is 9.53. The lowest BCUT2D eigenvalue weighted by atomic mass is 9.98. The Bertz CT molecular complexity index is 442. The van der Waals surface area contributed by atoms with Gasteiger partial charge in [-0.05, 0) is 39.2 Å². The number of carbonyl (C=O) groups excluding carboxylic acids is 1. The van der Waals surface area contributed by atoms with E-state index >= 15 is 0 Å². The van der Waals surface area contributed by atoms with Gasteiger partial charge in [0.15, 0.2) is 5.78 Å². The van der Waals surface area contributed by atoms with Gasteiger partial charge in [-0.25, -0.2) is 0 Å². The van der Waals surface area contributed by atoms with Crippen molar-refractivity contribution >= 4 is 5.78 Å². The van der Waals surface area contributed by atoms with Crippen LogP contribution in [0.1, 0.15) is 49.9 Å². The maximum absolute atomic E-state index is 12.6. The van der Waals surface area contributed by atoms with Crippen molar-refractivity contribution in [3.05, 3.63) is 35.9 Å². The lowest BCUT2D eigenvalue weighted by Crippen LogP contribution is -2.42. The molecule has 1 aromatic carbocycles. The van der Waals surface area contributed by atoms with Crippen LogP contribution < -0.4 is 0 Å². The first-order valence-electron chi connectivity index (χ1n) is 7.59. The van der Waals surface area contributed by atoms with E-state index in [2.05, 4.69) is 11.8 Å². The van der Waals surface area contributed by atoms with E-state index in [-0.39, 0.29) is 11.8 Å². The number of likely N-dealkylation sites (tertiary alicyclic amines) is 1. The zero-order chi connectivity index (χ0) is 14.6. The fourth-order valence-electron chi connectivity index (χ4n) is 3.00. The van der Waals surface area contributed by atoms with Gasteiger partial charge in [0.05, 0.1) is 11.6 Å². The molecule has 1 fully saturated rings.